The molecule has 0 unspecified atom stereocenters. The number of rotatable bonds is 1. The van der Waals surface area contributed by atoms with Crippen LogP contribution in [0.5, 0.6) is 0 Å². The maximum Gasteiger partial charge on any atom is 0.0390 e. The summed E-state index contributed by atoms with van der Waals surface area (Å²) in [6.07, 6.45) is 0. The molecule has 1 nitrogen and oxygen atoms in total. The molecule has 1 aromatic carbocycles. The lowest BCUT2D eigenvalue weighted by Gasteiger charge is -1.96. The van der Waals surface area contributed by atoms with Crippen LogP contribution in [0.1, 0.15) is 10.4 Å². The van der Waals surface area contributed by atoms with Crippen molar-refractivity contribution in [1.82, 2.24) is 0 Å². The Bertz CT molecular complexity index is 403. The van der Waals surface area contributed by atoms with E-state index in [-0.39, 0.29) is 0 Å². The fourth-order valence-electron chi connectivity index (χ4n) is 1.41. The lowest BCUT2D eigenvalue weighted by Crippen LogP contribution is -1.95. The number of hydrogen-bond donors (Lipinski definition) is 1. The number of benzene rings is 1. The van der Waals surface area contributed by atoms with Crippen LogP contribution in [0, 0.1) is 6.92 Å². The van der Waals surface area contributed by atoms with Crippen LogP contribution in [-0.4, -0.2) is 0 Å². The Balaban J connectivity index is 2.78. The summed E-state index contributed by atoms with van der Waals surface area (Å²) in [7, 11) is 0. The Morgan fingerprint density at radius 3 is 3.00 bits per heavy atom. The van der Waals surface area contributed by atoms with E-state index in [0.29, 0.717) is 6.54 Å². The summed E-state index contributed by atoms with van der Waals surface area (Å²) < 4.78 is 1.34. The van der Waals surface area contributed by atoms with Gasteiger partial charge < -0.3 is 5.73 Å². The van der Waals surface area contributed by atoms with Gasteiger partial charge in [-0.1, -0.05) is 18.2 Å². The van der Waals surface area contributed by atoms with Crippen molar-refractivity contribution in [2.75, 3.05) is 0 Å². The van der Waals surface area contributed by atoms with Crippen molar-refractivity contribution in [3.05, 3.63) is 34.7 Å². The first kappa shape index (κ1) is 7.77. The molecule has 2 rings (SSSR count). The second-order valence-electron chi connectivity index (χ2n) is 2.90. The highest BCUT2D eigenvalue weighted by Crippen LogP contribution is 2.27. The molecule has 1 heterocycles. The molecule has 2 N–H and O–H groups in total. The second kappa shape index (κ2) is 2.88. The molecule has 0 saturated carbocycles. The smallest absolute Gasteiger partial charge is 0.0390 e. The van der Waals surface area contributed by atoms with Crippen LogP contribution in [0.4, 0.5) is 0 Å². The minimum atomic E-state index is 0.636. The second-order valence-corrected chi connectivity index (χ2v) is 4.15. The first-order valence-electron chi connectivity index (χ1n) is 3.99. The maximum atomic E-state index is 5.63. The first-order valence-corrected chi connectivity index (χ1v) is 4.81. The number of hydrogen-bond acceptors (Lipinski definition) is 2. The van der Waals surface area contributed by atoms with Gasteiger partial charge in [0.2, 0.25) is 0 Å². The molecule has 0 amide bonds. The van der Waals surface area contributed by atoms with Gasteiger partial charge in [0, 0.05) is 16.1 Å². The van der Waals surface area contributed by atoms with E-state index in [1.54, 1.807) is 0 Å². The quantitative estimate of drug-likeness (QED) is 0.712. The Morgan fingerprint density at radius 1 is 1.42 bits per heavy atom. The van der Waals surface area contributed by atoms with Crippen LogP contribution < -0.4 is 5.73 Å². The van der Waals surface area contributed by atoms with Gasteiger partial charge in [-0.2, -0.15) is 0 Å². The number of thiophene rings is 1. The Kier molecular flexibility index (Phi) is 1.87. The highest BCUT2D eigenvalue weighted by Gasteiger charge is 2.01. The van der Waals surface area contributed by atoms with Gasteiger partial charge >= 0.3 is 0 Å². The molecule has 0 aliphatic carbocycles. The molecule has 1 aromatic heterocycles. The molecule has 0 saturated heterocycles. The molecule has 0 aliphatic heterocycles. The predicted octanol–water partition coefficient (Wildman–Crippen LogP) is 2.67. The Hall–Kier alpha value is -0.860. The third kappa shape index (κ3) is 1.13. The van der Waals surface area contributed by atoms with Crippen LogP contribution in [0.15, 0.2) is 24.3 Å². The molecular weight excluding hydrogens is 166 g/mol. The summed E-state index contributed by atoms with van der Waals surface area (Å²) >= 11 is 1.82. The van der Waals surface area contributed by atoms with Crippen LogP contribution in [0.2, 0.25) is 0 Å². The monoisotopic (exact) mass is 177 g/mol. The molecule has 2 heteroatoms. The summed E-state index contributed by atoms with van der Waals surface area (Å²) in [5.41, 5.74) is 6.89. The SMILES string of the molecule is Cc1cc2cccc(CN)c2s1. The van der Waals surface area contributed by atoms with Gasteiger partial charge in [-0.3, -0.25) is 0 Å². The van der Waals surface area contributed by atoms with Crippen molar-refractivity contribution in [2.45, 2.75) is 13.5 Å². The minimum Gasteiger partial charge on any atom is -0.326 e. The Labute approximate surface area is 75.8 Å². The third-order valence-electron chi connectivity index (χ3n) is 1.97. The van der Waals surface area contributed by atoms with Gasteiger partial charge in [0.05, 0.1) is 0 Å². The standard InChI is InChI=1S/C10H11NS/c1-7-5-8-3-2-4-9(6-11)10(8)12-7/h2-5H,6,11H2,1H3. The van der Waals surface area contributed by atoms with E-state index in [1.807, 2.05) is 11.3 Å². The molecule has 0 spiro atoms. The van der Waals surface area contributed by atoms with Crippen molar-refractivity contribution in [3.63, 3.8) is 0 Å². The topological polar surface area (TPSA) is 26.0 Å². The number of fused-ring (bicyclic) bond motifs is 1. The summed E-state index contributed by atoms with van der Waals surface area (Å²) in [6, 6.07) is 8.51. The lowest BCUT2D eigenvalue weighted by atomic mass is 10.1. The van der Waals surface area contributed by atoms with Gasteiger partial charge in [0.25, 0.3) is 0 Å². The Morgan fingerprint density at radius 2 is 2.25 bits per heavy atom. The van der Waals surface area contributed by atoms with Crippen LogP contribution in [0.25, 0.3) is 10.1 Å². The zero-order valence-corrected chi connectivity index (χ0v) is 7.82. The van der Waals surface area contributed by atoms with Gasteiger partial charge in [0.1, 0.15) is 0 Å². The predicted molar refractivity (Wildman–Crippen MR) is 54.5 cm³/mol. The molecule has 0 aliphatic rings. The van der Waals surface area contributed by atoms with E-state index in [4.69, 9.17) is 5.73 Å². The average Bonchev–Trinajstić information content (AvgIpc) is 2.44. The fraction of sp³-hybridized carbons (Fsp3) is 0.200. The van der Waals surface area contributed by atoms with E-state index in [1.165, 1.54) is 20.5 Å². The summed E-state index contributed by atoms with van der Waals surface area (Å²) in [5.74, 6) is 0. The molecule has 0 atom stereocenters. The van der Waals surface area contributed by atoms with Gasteiger partial charge in [-0.05, 0) is 23.9 Å². The summed E-state index contributed by atoms with van der Waals surface area (Å²) in [4.78, 5) is 1.35. The van der Waals surface area contributed by atoms with Crippen LogP contribution >= 0.6 is 11.3 Å². The molecular formula is C10H11NS. The van der Waals surface area contributed by atoms with Gasteiger partial charge in [-0.25, -0.2) is 0 Å². The fourth-order valence-corrected chi connectivity index (χ4v) is 2.45. The van der Waals surface area contributed by atoms with Crippen molar-refractivity contribution >= 4 is 21.4 Å². The number of nitrogens with two attached hydrogens (primary N) is 1. The van der Waals surface area contributed by atoms with E-state index in [0.717, 1.165) is 0 Å². The van der Waals surface area contributed by atoms with E-state index >= 15 is 0 Å². The van der Waals surface area contributed by atoms with Crippen LogP contribution in [0.3, 0.4) is 0 Å². The first-order chi connectivity index (χ1) is 5.81. The highest BCUT2D eigenvalue weighted by molar-refractivity contribution is 7.19. The van der Waals surface area contributed by atoms with E-state index in [9.17, 15) is 0 Å². The molecule has 0 radical (unpaired) electrons. The molecule has 2 aromatic rings. The van der Waals surface area contributed by atoms with Gasteiger partial charge in [-0.15, -0.1) is 11.3 Å². The third-order valence-corrected chi connectivity index (χ3v) is 3.11. The van der Waals surface area contributed by atoms with E-state index < -0.39 is 0 Å². The maximum absolute atomic E-state index is 5.63. The zero-order chi connectivity index (χ0) is 8.55. The van der Waals surface area contributed by atoms with Crippen molar-refractivity contribution in [3.8, 4) is 0 Å². The largest absolute Gasteiger partial charge is 0.326 e. The average molecular weight is 177 g/mol. The zero-order valence-electron chi connectivity index (χ0n) is 7.00. The molecule has 62 valence electrons. The van der Waals surface area contributed by atoms with Crippen LogP contribution in [-0.2, 0) is 6.54 Å². The minimum absolute atomic E-state index is 0.636. The normalized spacial score (nSPS) is 10.8. The summed E-state index contributed by atoms with van der Waals surface area (Å²) in [6.45, 7) is 2.77. The molecule has 12 heavy (non-hydrogen) atoms. The van der Waals surface area contributed by atoms with Crippen molar-refractivity contribution in [2.24, 2.45) is 5.73 Å². The molecule has 0 bridgehead atoms. The summed E-state index contributed by atoms with van der Waals surface area (Å²) in [5, 5.41) is 1.32. The van der Waals surface area contributed by atoms with Crippen molar-refractivity contribution in [1.29, 1.82) is 0 Å². The molecule has 0 fully saturated rings. The van der Waals surface area contributed by atoms with E-state index in [2.05, 4.69) is 31.2 Å². The van der Waals surface area contributed by atoms with Crippen molar-refractivity contribution < 1.29 is 0 Å². The highest BCUT2D eigenvalue weighted by atomic mass is 32.1. The van der Waals surface area contributed by atoms with Gasteiger partial charge in [0.15, 0.2) is 0 Å². The lowest BCUT2D eigenvalue weighted by molar-refractivity contribution is 1.09. The number of aryl methyl sites for hydroxylation is 1.